The van der Waals surface area contributed by atoms with Gasteiger partial charge in [0.05, 0.1) is 5.69 Å². The summed E-state index contributed by atoms with van der Waals surface area (Å²) in [6.45, 7) is 1.85. The Hall–Kier alpha value is -2.16. The minimum atomic E-state index is 0.127. The molecule has 2 rings (SSSR count). The van der Waals surface area contributed by atoms with Crippen molar-refractivity contribution in [3.8, 4) is 11.3 Å². The van der Waals surface area contributed by atoms with Crippen LogP contribution >= 0.6 is 0 Å². The highest BCUT2D eigenvalue weighted by molar-refractivity contribution is 5.97. The molecule has 2 aromatic rings. The van der Waals surface area contributed by atoms with Crippen molar-refractivity contribution in [2.75, 3.05) is 0 Å². The van der Waals surface area contributed by atoms with Crippen molar-refractivity contribution in [3.05, 3.63) is 47.7 Å². The molecule has 1 aromatic heterocycles. The summed E-state index contributed by atoms with van der Waals surface area (Å²) in [4.78, 5) is 22.5. The second-order valence-corrected chi connectivity index (χ2v) is 4.18. The average molecular weight is 241 g/mol. The molecule has 0 aliphatic rings. The third kappa shape index (κ3) is 2.12. The van der Waals surface area contributed by atoms with Crippen LogP contribution in [0.5, 0.6) is 0 Å². The van der Waals surface area contributed by atoms with Crippen molar-refractivity contribution in [2.24, 2.45) is 7.05 Å². The van der Waals surface area contributed by atoms with Crippen LogP contribution in [0.4, 0.5) is 0 Å². The van der Waals surface area contributed by atoms with Crippen LogP contribution in [0.1, 0.15) is 34.2 Å². The van der Waals surface area contributed by atoms with E-state index in [0.717, 1.165) is 17.5 Å². The van der Waals surface area contributed by atoms with E-state index in [2.05, 4.69) is 0 Å². The van der Waals surface area contributed by atoms with Gasteiger partial charge < -0.3 is 4.57 Å². The summed E-state index contributed by atoms with van der Waals surface area (Å²) in [5.41, 5.74) is 3.22. The zero-order valence-electron chi connectivity index (χ0n) is 10.5. The number of carbonyl (C=O) groups excluding carboxylic acids is 2. The summed E-state index contributed by atoms with van der Waals surface area (Å²) >= 11 is 0. The van der Waals surface area contributed by atoms with E-state index in [4.69, 9.17) is 0 Å². The van der Waals surface area contributed by atoms with Crippen LogP contribution in [0.2, 0.25) is 0 Å². The molecule has 0 atom stereocenters. The fourth-order valence-electron chi connectivity index (χ4n) is 1.99. The Morgan fingerprint density at radius 1 is 1.28 bits per heavy atom. The van der Waals surface area contributed by atoms with Crippen LogP contribution in [-0.2, 0) is 7.05 Å². The summed E-state index contributed by atoms with van der Waals surface area (Å²) in [6, 6.07) is 11.2. The molecule has 0 unspecified atom stereocenters. The normalized spacial score (nSPS) is 10.3. The van der Waals surface area contributed by atoms with Gasteiger partial charge in [0.15, 0.2) is 12.1 Å². The van der Waals surface area contributed by atoms with Gasteiger partial charge in [0.2, 0.25) is 0 Å². The Morgan fingerprint density at radius 3 is 2.67 bits per heavy atom. The molecule has 1 aromatic carbocycles. The van der Waals surface area contributed by atoms with Gasteiger partial charge in [-0.2, -0.15) is 0 Å². The number of aromatic nitrogens is 1. The van der Waals surface area contributed by atoms with E-state index in [1.165, 1.54) is 0 Å². The molecule has 0 aliphatic carbocycles. The number of benzene rings is 1. The van der Waals surface area contributed by atoms with Gasteiger partial charge in [-0.05, 0) is 23.8 Å². The van der Waals surface area contributed by atoms with Gasteiger partial charge in [0.25, 0.3) is 0 Å². The third-order valence-corrected chi connectivity index (χ3v) is 3.08. The molecule has 3 nitrogen and oxygen atoms in total. The van der Waals surface area contributed by atoms with Crippen LogP contribution in [-0.4, -0.2) is 16.6 Å². The minimum absolute atomic E-state index is 0.127. The summed E-state index contributed by atoms with van der Waals surface area (Å²) < 4.78 is 1.82. The standard InChI is InChI=1S/C15H15NO2/c1-3-15(18)12-6-4-5-11(9-12)14-8-7-13(10-17)16(14)2/h4-10H,3H2,1-2H3. The van der Waals surface area contributed by atoms with Crippen molar-refractivity contribution in [3.63, 3.8) is 0 Å². The Balaban J connectivity index is 2.47. The maximum Gasteiger partial charge on any atom is 0.166 e. The molecule has 0 bridgehead atoms. The van der Waals surface area contributed by atoms with Crippen molar-refractivity contribution < 1.29 is 9.59 Å². The van der Waals surface area contributed by atoms with Gasteiger partial charge in [0.1, 0.15) is 0 Å². The van der Waals surface area contributed by atoms with Crippen LogP contribution in [0.3, 0.4) is 0 Å². The first kappa shape index (κ1) is 12.3. The number of nitrogens with zero attached hydrogens (tertiary/aromatic N) is 1. The Bertz CT molecular complexity index is 596. The van der Waals surface area contributed by atoms with Crippen LogP contribution in [0.15, 0.2) is 36.4 Å². The Morgan fingerprint density at radius 2 is 2.06 bits per heavy atom. The number of aldehydes is 1. The molecule has 0 aliphatic heterocycles. The van der Waals surface area contributed by atoms with Crippen molar-refractivity contribution in [2.45, 2.75) is 13.3 Å². The first-order valence-corrected chi connectivity index (χ1v) is 5.92. The van der Waals surface area contributed by atoms with E-state index < -0.39 is 0 Å². The smallest absolute Gasteiger partial charge is 0.166 e. The molecule has 0 radical (unpaired) electrons. The van der Waals surface area contributed by atoms with E-state index in [-0.39, 0.29) is 5.78 Å². The van der Waals surface area contributed by atoms with E-state index in [9.17, 15) is 9.59 Å². The summed E-state index contributed by atoms with van der Waals surface area (Å²) in [7, 11) is 1.84. The predicted molar refractivity (Wildman–Crippen MR) is 70.9 cm³/mol. The molecule has 3 heteroatoms. The van der Waals surface area contributed by atoms with E-state index in [1.807, 2.05) is 48.9 Å². The lowest BCUT2D eigenvalue weighted by Crippen LogP contribution is -1.99. The lowest BCUT2D eigenvalue weighted by Gasteiger charge is -2.06. The second kappa shape index (κ2) is 5.00. The Kier molecular flexibility index (Phi) is 3.42. The lowest BCUT2D eigenvalue weighted by atomic mass is 10.0. The van der Waals surface area contributed by atoms with E-state index in [0.29, 0.717) is 17.7 Å². The van der Waals surface area contributed by atoms with E-state index in [1.54, 1.807) is 6.07 Å². The maximum atomic E-state index is 11.7. The molecule has 0 amide bonds. The number of carbonyl (C=O) groups is 2. The van der Waals surface area contributed by atoms with Gasteiger partial charge in [-0.1, -0.05) is 25.1 Å². The number of hydrogen-bond donors (Lipinski definition) is 0. The summed E-state index contributed by atoms with van der Waals surface area (Å²) in [6.07, 6.45) is 1.32. The zero-order valence-corrected chi connectivity index (χ0v) is 10.5. The Labute approximate surface area is 106 Å². The largest absolute Gasteiger partial charge is 0.341 e. The highest BCUT2D eigenvalue weighted by atomic mass is 16.1. The molecule has 0 N–H and O–H groups in total. The molecule has 18 heavy (non-hydrogen) atoms. The summed E-state index contributed by atoms with van der Waals surface area (Å²) in [5.74, 6) is 0.127. The van der Waals surface area contributed by atoms with Gasteiger partial charge in [-0.25, -0.2) is 0 Å². The minimum Gasteiger partial charge on any atom is -0.341 e. The molecule has 0 spiro atoms. The molecular weight excluding hydrogens is 226 g/mol. The third-order valence-electron chi connectivity index (χ3n) is 3.08. The second-order valence-electron chi connectivity index (χ2n) is 4.18. The van der Waals surface area contributed by atoms with Gasteiger partial charge in [-0.15, -0.1) is 0 Å². The van der Waals surface area contributed by atoms with Crippen LogP contribution in [0, 0.1) is 0 Å². The van der Waals surface area contributed by atoms with E-state index >= 15 is 0 Å². The number of rotatable bonds is 4. The topological polar surface area (TPSA) is 39.1 Å². The molecule has 0 saturated carbocycles. The number of ketones is 1. The first-order valence-electron chi connectivity index (χ1n) is 5.92. The highest BCUT2D eigenvalue weighted by Gasteiger charge is 2.09. The quantitative estimate of drug-likeness (QED) is 0.609. The fourth-order valence-corrected chi connectivity index (χ4v) is 1.99. The zero-order chi connectivity index (χ0) is 13.1. The molecule has 1 heterocycles. The first-order chi connectivity index (χ1) is 8.67. The maximum absolute atomic E-state index is 11.7. The molecule has 0 fully saturated rings. The molecule has 92 valence electrons. The predicted octanol–water partition coefficient (Wildman–Crippen LogP) is 3.10. The lowest BCUT2D eigenvalue weighted by molar-refractivity contribution is 0.0987. The average Bonchev–Trinajstić information content (AvgIpc) is 2.79. The van der Waals surface area contributed by atoms with Crippen molar-refractivity contribution >= 4 is 12.1 Å². The van der Waals surface area contributed by atoms with Gasteiger partial charge >= 0.3 is 0 Å². The van der Waals surface area contributed by atoms with Crippen LogP contribution in [0.25, 0.3) is 11.3 Å². The van der Waals surface area contributed by atoms with Crippen LogP contribution < -0.4 is 0 Å². The van der Waals surface area contributed by atoms with Gasteiger partial charge in [-0.3, -0.25) is 9.59 Å². The molecule has 0 saturated heterocycles. The highest BCUT2D eigenvalue weighted by Crippen LogP contribution is 2.22. The summed E-state index contributed by atoms with van der Waals surface area (Å²) in [5, 5.41) is 0. The van der Waals surface area contributed by atoms with Crippen molar-refractivity contribution in [1.29, 1.82) is 0 Å². The van der Waals surface area contributed by atoms with Gasteiger partial charge in [0, 0.05) is 24.7 Å². The monoisotopic (exact) mass is 241 g/mol. The SMILES string of the molecule is CCC(=O)c1cccc(-c2ccc(C=O)n2C)c1. The van der Waals surface area contributed by atoms with Crippen molar-refractivity contribution in [1.82, 2.24) is 4.57 Å². The molecular formula is C15H15NO2. The fraction of sp³-hybridized carbons (Fsp3) is 0.200. The number of Topliss-reactive ketones (excluding diaryl/α,β-unsaturated/α-hetero) is 1. The number of hydrogen-bond acceptors (Lipinski definition) is 2.